The van der Waals surface area contributed by atoms with E-state index >= 15 is 0 Å². The van der Waals surface area contributed by atoms with Crippen LogP contribution in [0.1, 0.15) is 37.4 Å². The SMILES string of the molecule is CCC1COCCN1c1cc(C)c(F)cc1C(C)N. The van der Waals surface area contributed by atoms with Crippen LogP contribution in [0.15, 0.2) is 12.1 Å². The second-order valence-corrected chi connectivity index (χ2v) is 5.28. The van der Waals surface area contributed by atoms with Gasteiger partial charge in [0.25, 0.3) is 0 Å². The van der Waals surface area contributed by atoms with E-state index in [4.69, 9.17) is 10.5 Å². The number of rotatable bonds is 3. The largest absolute Gasteiger partial charge is 0.377 e. The van der Waals surface area contributed by atoms with Gasteiger partial charge < -0.3 is 15.4 Å². The van der Waals surface area contributed by atoms with Crippen molar-refractivity contribution in [1.29, 1.82) is 0 Å². The van der Waals surface area contributed by atoms with Crippen LogP contribution in [-0.2, 0) is 4.74 Å². The van der Waals surface area contributed by atoms with E-state index in [2.05, 4.69) is 11.8 Å². The zero-order valence-corrected chi connectivity index (χ0v) is 11.9. The Hall–Kier alpha value is -1.13. The number of aryl methyl sites for hydroxylation is 1. The van der Waals surface area contributed by atoms with Crippen LogP contribution >= 0.6 is 0 Å². The second kappa shape index (κ2) is 5.88. The van der Waals surface area contributed by atoms with Gasteiger partial charge in [0.05, 0.1) is 19.3 Å². The van der Waals surface area contributed by atoms with E-state index < -0.39 is 0 Å². The van der Waals surface area contributed by atoms with Crippen molar-refractivity contribution in [2.75, 3.05) is 24.7 Å². The van der Waals surface area contributed by atoms with E-state index in [1.54, 1.807) is 13.0 Å². The first kappa shape index (κ1) is 14.3. The van der Waals surface area contributed by atoms with Crippen LogP contribution in [0.3, 0.4) is 0 Å². The first-order valence-electron chi connectivity index (χ1n) is 6.94. The molecular formula is C15H23FN2O. The van der Waals surface area contributed by atoms with Crippen LogP contribution in [0.4, 0.5) is 10.1 Å². The average molecular weight is 266 g/mol. The van der Waals surface area contributed by atoms with Crippen molar-refractivity contribution in [2.45, 2.75) is 39.3 Å². The van der Waals surface area contributed by atoms with E-state index in [0.29, 0.717) is 18.2 Å². The molecule has 2 N–H and O–H groups in total. The molecule has 106 valence electrons. The molecule has 0 amide bonds. The Morgan fingerprint density at radius 1 is 1.53 bits per heavy atom. The molecule has 1 saturated heterocycles. The monoisotopic (exact) mass is 266 g/mol. The summed E-state index contributed by atoms with van der Waals surface area (Å²) in [4.78, 5) is 2.31. The summed E-state index contributed by atoms with van der Waals surface area (Å²) in [6, 6.07) is 3.67. The molecule has 19 heavy (non-hydrogen) atoms. The molecule has 0 aromatic heterocycles. The number of nitrogens with zero attached hydrogens (tertiary/aromatic N) is 1. The molecule has 0 spiro atoms. The summed E-state index contributed by atoms with van der Waals surface area (Å²) >= 11 is 0. The van der Waals surface area contributed by atoms with E-state index in [9.17, 15) is 4.39 Å². The van der Waals surface area contributed by atoms with Gasteiger partial charge in [-0.3, -0.25) is 0 Å². The highest BCUT2D eigenvalue weighted by Gasteiger charge is 2.25. The molecule has 1 aromatic rings. The summed E-state index contributed by atoms with van der Waals surface area (Å²) in [6.45, 7) is 8.12. The number of halogens is 1. The van der Waals surface area contributed by atoms with Gasteiger partial charge in [0.2, 0.25) is 0 Å². The van der Waals surface area contributed by atoms with Gasteiger partial charge in [-0.05, 0) is 43.5 Å². The third-order valence-electron chi connectivity index (χ3n) is 3.81. The van der Waals surface area contributed by atoms with Crippen LogP contribution in [-0.4, -0.2) is 25.8 Å². The van der Waals surface area contributed by atoms with Crippen molar-refractivity contribution >= 4 is 5.69 Å². The maximum Gasteiger partial charge on any atom is 0.126 e. The van der Waals surface area contributed by atoms with Crippen molar-refractivity contribution in [1.82, 2.24) is 0 Å². The molecule has 1 heterocycles. The van der Waals surface area contributed by atoms with Gasteiger partial charge in [-0.2, -0.15) is 0 Å². The minimum atomic E-state index is -0.183. The molecule has 1 aliphatic rings. The molecule has 2 rings (SSSR count). The number of anilines is 1. The molecule has 3 nitrogen and oxygen atoms in total. The number of morpholine rings is 1. The number of hydrogen-bond acceptors (Lipinski definition) is 3. The predicted octanol–water partition coefficient (Wildman–Crippen LogP) is 2.77. The van der Waals surface area contributed by atoms with E-state index in [-0.39, 0.29) is 11.9 Å². The van der Waals surface area contributed by atoms with Crippen molar-refractivity contribution < 1.29 is 9.13 Å². The Kier molecular flexibility index (Phi) is 4.42. The highest BCUT2D eigenvalue weighted by molar-refractivity contribution is 5.58. The Morgan fingerprint density at radius 3 is 2.89 bits per heavy atom. The Morgan fingerprint density at radius 2 is 2.26 bits per heavy atom. The van der Waals surface area contributed by atoms with Crippen molar-refractivity contribution in [3.8, 4) is 0 Å². The van der Waals surface area contributed by atoms with Crippen LogP contribution in [0, 0.1) is 12.7 Å². The van der Waals surface area contributed by atoms with Crippen molar-refractivity contribution in [3.05, 3.63) is 29.1 Å². The highest BCUT2D eigenvalue weighted by atomic mass is 19.1. The quantitative estimate of drug-likeness (QED) is 0.914. The fourth-order valence-electron chi connectivity index (χ4n) is 2.61. The summed E-state index contributed by atoms with van der Waals surface area (Å²) in [5, 5.41) is 0. The van der Waals surface area contributed by atoms with Crippen LogP contribution in [0.2, 0.25) is 0 Å². The number of ether oxygens (including phenoxy) is 1. The molecule has 0 radical (unpaired) electrons. The van der Waals surface area contributed by atoms with E-state index in [1.807, 2.05) is 13.0 Å². The summed E-state index contributed by atoms with van der Waals surface area (Å²) in [7, 11) is 0. The maximum atomic E-state index is 13.8. The molecule has 2 atom stereocenters. The summed E-state index contributed by atoms with van der Waals surface area (Å²) in [5.41, 5.74) is 8.61. The molecule has 1 aliphatic heterocycles. The molecule has 4 heteroatoms. The summed E-state index contributed by atoms with van der Waals surface area (Å²) in [6.07, 6.45) is 1.01. The number of nitrogens with two attached hydrogens (primary N) is 1. The second-order valence-electron chi connectivity index (χ2n) is 5.28. The lowest BCUT2D eigenvalue weighted by Crippen LogP contribution is -2.45. The van der Waals surface area contributed by atoms with Gasteiger partial charge in [-0.15, -0.1) is 0 Å². The lowest BCUT2D eigenvalue weighted by atomic mass is 10.0. The topological polar surface area (TPSA) is 38.5 Å². The van der Waals surface area contributed by atoms with E-state index in [1.165, 1.54) is 0 Å². The molecule has 0 saturated carbocycles. The molecule has 0 bridgehead atoms. The van der Waals surface area contributed by atoms with Crippen LogP contribution in [0.5, 0.6) is 0 Å². The van der Waals surface area contributed by atoms with Gasteiger partial charge in [-0.25, -0.2) is 4.39 Å². The Balaban J connectivity index is 2.44. The van der Waals surface area contributed by atoms with Gasteiger partial charge in [0.15, 0.2) is 0 Å². The van der Waals surface area contributed by atoms with Crippen molar-refractivity contribution in [2.24, 2.45) is 5.73 Å². The average Bonchev–Trinajstić information content (AvgIpc) is 2.41. The molecular weight excluding hydrogens is 243 g/mol. The van der Waals surface area contributed by atoms with Crippen molar-refractivity contribution in [3.63, 3.8) is 0 Å². The zero-order chi connectivity index (χ0) is 14.0. The molecule has 0 aliphatic carbocycles. The summed E-state index contributed by atoms with van der Waals surface area (Å²) < 4.78 is 19.3. The standard InChI is InChI=1S/C15H23FN2O/c1-4-12-9-19-6-5-18(12)15-7-10(2)14(16)8-13(15)11(3)17/h7-8,11-12H,4-6,9,17H2,1-3H3. The minimum Gasteiger partial charge on any atom is -0.377 e. The van der Waals surface area contributed by atoms with Gasteiger partial charge in [0, 0.05) is 18.3 Å². The Labute approximate surface area is 114 Å². The van der Waals surface area contributed by atoms with E-state index in [0.717, 1.165) is 30.8 Å². The lowest BCUT2D eigenvalue weighted by Gasteiger charge is -2.38. The third kappa shape index (κ3) is 2.90. The normalized spacial score (nSPS) is 21.5. The first-order valence-corrected chi connectivity index (χ1v) is 6.94. The minimum absolute atomic E-state index is 0.176. The maximum absolute atomic E-state index is 13.8. The Bertz CT molecular complexity index is 448. The smallest absolute Gasteiger partial charge is 0.126 e. The first-order chi connectivity index (χ1) is 9.04. The molecule has 2 unspecified atom stereocenters. The fraction of sp³-hybridized carbons (Fsp3) is 0.600. The van der Waals surface area contributed by atoms with Crippen LogP contribution in [0.25, 0.3) is 0 Å². The van der Waals surface area contributed by atoms with Gasteiger partial charge in [-0.1, -0.05) is 6.92 Å². The summed E-state index contributed by atoms with van der Waals surface area (Å²) in [5.74, 6) is -0.183. The third-order valence-corrected chi connectivity index (χ3v) is 3.81. The highest BCUT2D eigenvalue weighted by Crippen LogP contribution is 2.31. The van der Waals surface area contributed by atoms with Gasteiger partial charge in [0.1, 0.15) is 5.82 Å². The van der Waals surface area contributed by atoms with Gasteiger partial charge >= 0.3 is 0 Å². The number of hydrogen-bond donors (Lipinski definition) is 1. The lowest BCUT2D eigenvalue weighted by molar-refractivity contribution is 0.0928. The fourth-order valence-corrected chi connectivity index (χ4v) is 2.61. The zero-order valence-electron chi connectivity index (χ0n) is 11.9. The predicted molar refractivity (Wildman–Crippen MR) is 76.0 cm³/mol. The number of benzene rings is 1. The molecule has 1 fully saturated rings. The molecule has 1 aromatic carbocycles. The van der Waals surface area contributed by atoms with Crippen LogP contribution < -0.4 is 10.6 Å².